The Morgan fingerprint density at radius 3 is 2.28 bits per heavy atom. The molecular formula is C24H25FN2O2. The number of carbonyl (C=O) groups excluding carboxylic acids is 2. The maximum Gasteiger partial charge on any atom is 0.251 e. The molecule has 150 valence electrons. The van der Waals surface area contributed by atoms with Crippen molar-refractivity contribution in [3.63, 3.8) is 0 Å². The largest absolute Gasteiger partial charge is 0.349 e. The van der Waals surface area contributed by atoms with Crippen LogP contribution in [0.4, 0.5) is 4.39 Å². The van der Waals surface area contributed by atoms with Gasteiger partial charge in [0.2, 0.25) is 5.91 Å². The molecule has 3 aliphatic rings. The summed E-state index contributed by atoms with van der Waals surface area (Å²) in [5.74, 6) is 0.153. The average molecular weight is 392 g/mol. The summed E-state index contributed by atoms with van der Waals surface area (Å²) < 4.78 is 13.2. The van der Waals surface area contributed by atoms with Gasteiger partial charge in [-0.25, -0.2) is 4.39 Å². The molecule has 5 heteroatoms. The summed E-state index contributed by atoms with van der Waals surface area (Å²) in [4.78, 5) is 27.3. The van der Waals surface area contributed by atoms with Crippen molar-refractivity contribution in [1.82, 2.24) is 10.2 Å². The van der Waals surface area contributed by atoms with E-state index in [1.165, 1.54) is 12.1 Å². The predicted molar refractivity (Wildman–Crippen MR) is 108 cm³/mol. The molecule has 3 saturated carbocycles. The molecule has 1 N–H and O–H groups in total. The van der Waals surface area contributed by atoms with Crippen molar-refractivity contribution in [2.24, 2.45) is 5.92 Å². The van der Waals surface area contributed by atoms with E-state index in [4.69, 9.17) is 0 Å². The molecule has 5 rings (SSSR count). The van der Waals surface area contributed by atoms with Crippen molar-refractivity contribution < 1.29 is 14.0 Å². The monoisotopic (exact) mass is 392 g/mol. The maximum atomic E-state index is 13.2. The highest BCUT2D eigenvalue weighted by atomic mass is 19.1. The Morgan fingerprint density at radius 1 is 0.966 bits per heavy atom. The van der Waals surface area contributed by atoms with Crippen LogP contribution < -0.4 is 5.32 Å². The molecule has 0 aromatic heterocycles. The van der Waals surface area contributed by atoms with Crippen LogP contribution in [0.1, 0.15) is 59.5 Å². The molecule has 0 radical (unpaired) electrons. The summed E-state index contributed by atoms with van der Waals surface area (Å²) in [6, 6.07) is 14.8. The fraction of sp³-hybridized carbons (Fsp3) is 0.417. The minimum atomic E-state index is -0.244. The minimum Gasteiger partial charge on any atom is -0.349 e. The van der Waals surface area contributed by atoms with E-state index in [9.17, 15) is 14.0 Å². The smallest absolute Gasteiger partial charge is 0.251 e. The van der Waals surface area contributed by atoms with E-state index >= 15 is 0 Å². The summed E-state index contributed by atoms with van der Waals surface area (Å²) in [5, 5.41) is 3.00. The number of carbonyl (C=O) groups is 2. The Balaban J connectivity index is 1.23. The molecule has 29 heavy (non-hydrogen) atoms. The lowest BCUT2D eigenvalue weighted by atomic mass is 10.1. The number of nitrogens with zero attached hydrogens (tertiary/aromatic N) is 1. The number of nitrogens with one attached hydrogen (secondary N) is 1. The summed E-state index contributed by atoms with van der Waals surface area (Å²) >= 11 is 0. The lowest BCUT2D eigenvalue weighted by molar-refractivity contribution is -0.133. The SMILES string of the molecule is O=C(NC1CC1)c1ccc(CN(C(=O)C2CC2c2ccc(F)cc2)C2CC2)cc1. The van der Waals surface area contributed by atoms with E-state index in [2.05, 4.69) is 5.32 Å². The summed E-state index contributed by atoms with van der Waals surface area (Å²) in [6.45, 7) is 0.584. The lowest BCUT2D eigenvalue weighted by Gasteiger charge is -2.23. The maximum absolute atomic E-state index is 13.2. The van der Waals surface area contributed by atoms with E-state index in [1.54, 1.807) is 12.1 Å². The van der Waals surface area contributed by atoms with Crippen LogP contribution in [0.15, 0.2) is 48.5 Å². The zero-order valence-corrected chi connectivity index (χ0v) is 16.3. The summed E-state index contributed by atoms with van der Waals surface area (Å²) in [7, 11) is 0. The zero-order chi connectivity index (χ0) is 20.0. The second-order valence-electron chi connectivity index (χ2n) is 8.64. The fourth-order valence-electron chi connectivity index (χ4n) is 3.99. The third-order valence-electron chi connectivity index (χ3n) is 6.16. The van der Waals surface area contributed by atoms with Crippen LogP contribution in [-0.4, -0.2) is 28.8 Å². The molecule has 2 atom stereocenters. The lowest BCUT2D eigenvalue weighted by Crippen LogP contribution is -2.34. The van der Waals surface area contributed by atoms with Gasteiger partial charge >= 0.3 is 0 Å². The van der Waals surface area contributed by atoms with Crippen LogP contribution in [0.2, 0.25) is 0 Å². The number of amides is 2. The van der Waals surface area contributed by atoms with Crippen molar-refractivity contribution in [2.75, 3.05) is 0 Å². The first-order valence-corrected chi connectivity index (χ1v) is 10.5. The Bertz CT molecular complexity index is 917. The molecule has 3 fully saturated rings. The van der Waals surface area contributed by atoms with Gasteiger partial charge in [0.25, 0.3) is 5.91 Å². The Hall–Kier alpha value is -2.69. The molecule has 4 nitrogen and oxygen atoms in total. The minimum absolute atomic E-state index is 0.00431. The van der Waals surface area contributed by atoms with E-state index in [1.807, 2.05) is 29.2 Å². The van der Waals surface area contributed by atoms with E-state index < -0.39 is 0 Å². The van der Waals surface area contributed by atoms with Gasteiger partial charge in [0.15, 0.2) is 0 Å². The molecular weight excluding hydrogens is 367 g/mol. The van der Waals surface area contributed by atoms with Crippen molar-refractivity contribution in [3.05, 3.63) is 71.0 Å². The standard InChI is InChI=1S/C24H25FN2O2/c25-18-7-5-16(6-8-18)21-13-22(21)24(29)27(20-11-12-20)14-15-1-3-17(4-2-15)23(28)26-19-9-10-19/h1-8,19-22H,9-14H2,(H,26,28). The quantitative estimate of drug-likeness (QED) is 0.774. The normalized spacial score (nSPS) is 22.8. The topological polar surface area (TPSA) is 49.4 Å². The molecule has 0 spiro atoms. The highest BCUT2D eigenvalue weighted by Gasteiger charge is 2.48. The van der Waals surface area contributed by atoms with Crippen LogP contribution in [-0.2, 0) is 11.3 Å². The van der Waals surface area contributed by atoms with Gasteiger partial charge in [-0.05, 0) is 73.4 Å². The van der Waals surface area contributed by atoms with Gasteiger partial charge in [-0.1, -0.05) is 24.3 Å². The van der Waals surface area contributed by atoms with Gasteiger partial charge < -0.3 is 10.2 Å². The first-order valence-electron chi connectivity index (χ1n) is 10.5. The van der Waals surface area contributed by atoms with Crippen LogP contribution in [0.5, 0.6) is 0 Å². The number of rotatable bonds is 7. The second kappa shape index (κ2) is 7.29. The Kier molecular flexibility index (Phi) is 4.61. The molecule has 2 unspecified atom stereocenters. The first-order chi connectivity index (χ1) is 14.1. The summed E-state index contributed by atoms with van der Waals surface area (Å²) in [6.07, 6.45) is 5.10. The predicted octanol–water partition coefficient (Wildman–Crippen LogP) is 4.01. The van der Waals surface area contributed by atoms with E-state index in [-0.39, 0.29) is 29.5 Å². The van der Waals surface area contributed by atoms with E-state index in [0.717, 1.165) is 43.2 Å². The summed E-state index contributed by atoms with van der Waals surface area (Å²) in [5.41, 5.74) is 2.77. The molecule has 2 aromatic rings. The highest BCUT2D eigenvalue weighted by molar-refractivity contribution is 5.94. The second-order valence-corrected chi connectivity index (χ2v) is 8.64. The van der Waals surface area contributed by atoms with E-state index in [0.29, 0.717) is 24.2 Å². The Labute approximate surface area is 170 Å². The molecule has 0 heterocycles. The first kappa shape index (κ1) is 18.3. The van der Waals surface area contributed by atoms with Gasteiger partial charge in [-0.15, -0.1) is 0 Å². The van der Waals surface area contributed by atoms with Crippen molar-refractivity contribution >= 4 is 11.8 Å². The molecule has 3 aliphatic carbocycles. The fourth-order valence-corrected chi connectivity index (χ4v) is 3.99. The van der Waals surface area contributed by atoms with Gasteiger partial charge in [-0.3, -0.25) is 9.59 Å². The molecule has 0 saturated heterocycles. The third-order valence-corrected chi connectivity index (χ3v) is 6.16. The molecule has 0 bridgehead atoms. The van der Waals surface area contributed by atoms with Gasteiger partial charge in [0.1, 0.15) is 5.82 Å². The molecule has 2 amide bonds. The van der Waals surface area contributed by atoms with Crippen LogP contribution >= 0.6 is 0 Å². The van der Waals surface area contributed by atoms with Crippen molar-refractivity contribution in [2.45, 2.75) is 56.7 Å². The van der Waals surface area contributed by atoms with Crippen molar-refractivity contribution in [1.29, 1.82) is 0 Å². The molecule has 0 aliphatic heterocycles. The van der Waals surface area contributed by atoms with Gasteiger partial charge in [-0.2, -0.15) is 0 Å². The highest BCUT2D eigenvalue weighted by Crippen LogP contribution is 2.49. The van der Waals surface area contributed by atoms with Crippen LogP contribution in [0, 0.1) is 11.7 Å². The average Bonchev–Trinajstić information content (AvgIpc) is 3.57. The number of hydrogen-bond acceptors (Lipinski definition) is 2. The Morgan fingerprint density at radius 2 is 1.66 bits per heavy atom. The zero-order valence-electron chi connectivity index (χ0n) is 16.3. The number of benzene rings is 2. The third kappa shape index (κ3) is 4.19. The van der Waals surface area contributed by atoms with Gasteiger partial charge in [0, 0.05) is 30.1 Å². The molecule has 2 aromatic carbocycles. The van der Waals surface area contributed by atoms with Crippen LogP contribution in [0.3, 0.4) is 0 Å². The van der Waals surface area contributed by atoms with Gasteiger partial charge in [0.05, 0.1) is 0 Å². The van der Waals surface area contributed by atoms with Crippen LogP contribution in [0.25, 0.3) is 0 Å². The number of halogens is 1. The number of hydrogen-bond donors (Lipinski definition) is 1. The van der Waals surface area contributed by atoms with Crippen molar-refractivity contribution in [3.8, 4) is 0 Å².